The third-order valence-corrected chi connectivity index (χ3v) is 4.95. The molecule has 5 nitrogen and oxygen atoms in total. The molecule has 0 bridgehead atoms. The molecule has 2 rings (SSSR count). The van der Waals surface area contributed by atoms with Gasteiger partial charge in [-0.3, -0.25) is 0 Å². The van der Waals surface area contributed by atoms with Gasteiger partial charge < -0.3 is 15.2 Å². The fraction of sp³-hybridized carbons (Fsp3) is 0.765. The van der Waals surface area contributed by atoms with E-state index in [1.165, 1.54) is 6.42 Å². The van der Waals surface area contributed by atoms with Crippen LogP contribution in [0, 0.1) is 11.3 Å². The van der Waals surface area contributed by atoms with Crippen LogP contribution in [0.5, 0.6) is 0 Å². The van der Waals surface area contributed by atoms with E-state index in [1.807, 2.05) is 6.92 Å². The lowest BCUT2D eigenvalue weighted by atomic mass is 9.57. The number of unbranched alkanes of at least 4 members (excludes halogenated alkanes) is 1. The zero-order chi connectivity index (χ0) is 16.2. The summed E-state index contributed by atoms with van der Waals surface area (Å²) in [5, 5.41) is 10.1. The first-order chi connectivity index (χ1) is 10.5. The number of hydrogen-bond donors (Lipinski definition) is 2. The van der Waals surface area contributed by atoms with E-state index < -0.39 is 0 Å². The summed E-state index contributed by atoms with van der Waals surface area (Å²) in [6.07, 6.45) is 5.21. The van der Waals surface area contributed by atoms with Gasteiger partial charge in [0.05, 0.1) is 5.69 Å². The molecule has 1 aromatic heterocycles. The summed E-state index contributed by atoms with van der Waals surface area (Å²) in [6, 6.07) is 2.26. The Morgan fingerprint density at radius 1 is 1.45 bits per heavy atom. The highest BCUT2D eigenvalue weighted by atomic mass is 16.5. The maximum Gasteiger partial charge on any atom is 0.315 e. The monoisotopic (exact) mass is 307 g/mol. The Kier molecular flexibility index (Phi) is 5.48. The zero-order valence-electron chi connectivity index (χ0n) is 14.2. The van der Waals surface area contributed by atoms with E-state index in [4.69, 9.17) is 4.52 Å². The molecule has 0 radical (unpaired) electrons. The number of nitrogens with one attached hydrogen (secondary N) is 2. The average molecular weight is 307 g/mol. The van der Waals surface area contributed by atoms with E-state index >= 15 is 0 Å². The predicted octanol–water partition coefficient (Wildman–Crippen LogP) is 3.29. The largest absolute Gasteiger partial charge is 0.361 e. The van der Waals surface area contributed by atoms with Crippen LogP contribution in [0.4, 0.5) is 4.79 Å². The van der Waals surface area contributed by atoms with Crippen LogP contribution in [0.25, 0.3) is 0 Å². The van der Waals surface area contributed by atoms with E-state index in [9.17, 15) is 4.79 Å². The van der Waals surface area contributed by atoms with Gasteiger partial charge in [0.15, 0.2) is 0 Å². The van der Waals surface area contributed by atoms with Crippen molar-refractivity contribution in [3.63, 3.8) is 0 Å². The molecular weight excluding hydrogens is 278 g/mol. The van der Waals surface area contributed by atoms with Gasteiger partial charge >= 0.3 is 6.03 Å². The molecule has 0 aliphatic heterocycles. The van der Waals surface area contributed by atoms with Gasteiger partial charge in [-0.05, 0) is 37.5 Å². The summed E-state index contributed by atoms with van der Waals surface area (Å²) in [6.45, 7) is 9.19. The molecule has 1 aliphatic carbocycles. The van der Waals surface area contributed by atoms with Crippen LogP contribution in [0.2, 0.25) is 0 Å². The lowest BCUT2D eigenvalue weighted by molar-refractivity contribution is 0.0201. The molecular formula is C17H29N3O2. The fourth-order valence-corrected chi connectivity index (χ4v) is 3.15. The van der Waals surface area contributed by atoms with Crippen LogP contribution in [0.1, 0.15) is 58.4 Å². The van der Waals surface area contributed by atoms with Gasteiger partial charge in [-0.25, -0.2) is 4.79 Å². The summed E-state index contributed by atoms with van der Waals surface area (Å²) < 4.78 is 5.40. The summed E-state index contributed by atoms with van der Waals surface area (Å²) in [7, 11) is 0. The second-order valence-electron chi connectivity index (χ2n) is 6.90. The molecule has 2 atom stereocenters. The summed E-state index contributed by atoms with van der Waals surface area (Å²) in [4.78, 5) is 11.7. The molecule has 0 aromatic carbocycles. The third kappa shape index (κ3) is 3.81. The molecule has 1 aromatic rings. The molecule has 1 fully saturated rings. The standard InChI is InChI=1S/C17H29N3O2/c1-5-7-8-14-11-13(20-22-14)9-12-10-15(17(12,3)4)19-16(21)18-6-2/h11-12,15H,5-10H2,1-4H3,(H2,18,19,21). The van der Waals surface area contributed by atoms with Gasteiger partial charge in [0.2, 0.25) is 0 Å². The molecule has 5 heteroatoms. The van der Waals surface area contributed by atoms with Crippen LogP contribution in [0.15, 0.2) is 10.6 Å². The molecule has 1 heterocycles. The van der Waals surface area contributed by atoms with E-state index in [-0.39, 0.29) is 17.5 Å². The maximum absolute atomic E-state index is 11.7. The van der Waals surface area contributed by atoms with Gasteiger partial charge in [-0.2, -0.15) is 0 Å². The van der Waals surface area contributed by atoms with E-state index in [1.54, 1.807) is 0 Å². The minimum absolute atomic E-state index is 0.0673. The van der Waals surface area contributed by atoms with Crippen molar-refractivity contribution in [2.75, 3.05) is 6.54 Å². The first-order valence-corrected chi connectivity index (χ1v) is 8.46. The lowest BCUT2D eigenvalue weighted by Crippen LogP contribution is -2.60. The number of amides is 2. The third-order valence-electron chi connectivity index (χ3n) is 4.95. The Hall–Kier alpha value is -1.52. The minimum Gasteiger partial charge on any atom is -0.361 e. The smallest absolute Gasteiger partial charge is 0.315 e. The van der Waals surface area contributed by atoms with E-state index in [2.05, 4.69) is 42.6 Å². The van der Waals surface area contributed by atoms with Crippen LogP contribution in [-0.4, -0.2) is 23.8 Å². The Bertz CT molecular complexity index is 496. The van der Waals surface area contributed by atoms with Crippen molar-refractivity contribution in [3.05, 3.63) is 17.5 Å². The highest BCUT2D eigenvalue weighted by Gasteiger charge is 2.48. The number of carbonyl (C=O) groups excluding carboxylic acids is 1. The van der Waals surface area contributed by atoms with Gasteiger partial charge in [0.25, 0.3) is 0 Å². The van der Waals surface area contributed by atoms with E-state index in [0.717, 1.165) is 37.1 Å². The Morgan fingerprint density at radius 3 is 2.86 bits per heavy atom. The second-order valence-corrected chi connectivity index (χ2v) is 6.90. The minimum atomic E-state index is -0.0673. The molecule has 2 amide bonds. The summed E-state index contributed by atoms with van der Waals surface area (Å²) in [5.41, 5.74) is 1.13. The number of aryl methyl sites for hydroxylation is 1. The van der Waals surface area contributed by atoms with Crippen LogP contribution in [-0.2, 0) is 12.8 Å². The molecule has 2 N–H and O–H groups in total. The highest BCUT2D eigenvalue weighted by Crippen LogP contribution is 2.47. The predicted molar refractivity (Wildman–Crippen MR) is 86.7 cm³/mol. The molecule has 124 valence electrons. The number of carbonyl (C=O) groups is 1. The van der Waals surface area contributed by atoms with Crippen LogP contribution in [0.3, 0.4) is 0 Å². The molecule has 2 unspecified atom stereocenters. The highest BCUT2D eigenvalue weighted by molar-refractivity contribution is 5.74. The van der Waals surface area contributed by atoms with E-state index in [0.29, 0.717) is 12.5 Å². The van der Waals surface area contributed by atoms with Crippen LogP contribution >= 0.6 is 0 Å². The molecule has 0 saturated heterocycles. The number of aromatic nitrogens is 1. The second kappa shape index (κ2) is 7.16. The van der Waals surface area contributed by atoms with Gasteiger partial charge in [-0.15, -0.1) is 0 Å². The maximum atomic E-state index is 11.7. The molecule has 0 spiro atoms. The lowest BCUT2D eigenvalue weighted by Gasteiger charge is -2.52. The van der Waals surface area contributed by atoms with Crippen molar-refractivity contribution in [2.24, 2.45) is 11.3 Å². The zero-order valence-corrected chi connectivity index (χ0v) is 14.2. The van der Waals surface area contributed by atoms with Crippen molar-refractivity contribution in [2.45, 2.75) is 65.8 Å². The first kappa shape index (κ1) is 16.8. The first-order valence-electron chi connectivity index (χ1n) is 8.46. The molecule has 1 aliphatic rings. The van der Waals surface area contributed by atoms with Crippen LogP contribution < -0.4 is 10.6 Å². The number of urea groups is 1. The molecule has 1 saturated carbocycles. The Morgan fingerprint density at radius 2 is 2.23 bits per heavy atom. The van der Waals surface area contributed by atoms with Crippen molar-refractivity contribution in [1.29, 1.82) is 0 Å². The molecule has 22 heavy (non-hydrogen) atoms. The van der Waals surface area contributed by atoms with Crippen molar-refractivity contribution >= 4 is 6.03 Å². The normalized spacial score (nSPS) is 22.9. The number of hydrogen-bond acceptors (Lipinski definition) is 3. The van der Waals surface area contributed by atoms with Gasteiger partial charge in [0.1, 0.15) is 5.76 Å². The quantitative estimate of drug-likeness (QED) is 0.812. The van der Waals surface area contributed by atoms with Crippen molar-refractivity contribution < 1.29 is 9.32 Å². The summed E-state index contributed by atoms with van der Waals surface area (Å²) >= 11 is 0. The van der Waals surface area contributed by atoms with Crippen molar-refractivity contribution in [3.8, 4) is 0 Å². The fourth-order valence-electron chi connectivity index (χ4n) is 3.15. The number of rotatable bonds is 7. The van der Waals surface area contributed by atoms with Gasteiger partial charge in [0, 0.05) is 25.1 Å². The Labute approximate surface area is 133 Å². The number of nitrogens with zero attached hydrogens (tertiary/aromatic N) is 1. The summed E-state index contributed by atoms with van der Waals surface area (Å²) in [5.74, 6) is 1.52. The Balaban J connectivity index is 1.84. The SMILES string of the molecule is CCCCc1cc(CC2CC(NC(=O)NCC)C2(C)C)no1. The van der Waals surface area contributed by atoms with Crippen molar-refractivity contribution in [1.82, 2.24) is 15.8 Å². The van der Waals surface area contributed by atoms with Gasteiger partial charge in [-0.1, -0.05) is 32.3 Å². The average Bonchev–Trinajstić information content (AvgIpc) is 2.92. The topological polar surface area (TPSA) is 67.2 Å².